The Morgan fingerprint density at radius 1 is 1.06 bits per heavy atom. The van der Waals surface area contributed by atoms with Crippen LogP contribution in [-0.4, -0.2) is 69.1 Å². The van der Waals surface area contributed by atoms with E-state index in [0.717, 1.165) is 81.6 Å². The average molecular weight is 559 g/mol. The van der Waals surface area contributed by atoms with Crippen molar-refractivity contribution in [3.8, 4) is 11.5 Å². The molecular formula is C24H38IN3O4. The molecule has 0 spiro atoms. The summed E-state index contributed by atoms with van der Waals surface area (Å²) in [4.78, 5) is 7.25. The number of piperidine rings is 1. The van der Waals surface area contributed by atoms with Crippen molar-refractivity contribution in [2.45, 2.75) is 64.2 Å². The summed E-state index contributed by atoms with van der Waals surface area (Å²) in [7, 11) is 0. The number of ether oxygens (including phenoxy) is 4. The topological polar surface area (TPSA) is 64.6 Å². The van der Waals surface area contributed by atoms with Gasteiger partial charge in [0.15, 0.2) is 17.5 Å². The molecule has 0 amide bonds. The predicted octanol–water partition coefficient (Wildman–Crippen LogP) is 3.98. The third-order valence-corrected chi connectivity index (χ3v) is 6.09. The van der Waals surface area contributed by atoms with Crippen LogP contribution in [0.5, 0.6) is 11.5 Å². The van der Waals surface area contributed by atoms with Crippen LogP contribution in [0.3, 0.4) is 0 Å². The Balaban J connectivity index is 0.00000289. The van der Waals surface area contributed by atoms with Crippen LogP contribution in [0.15, 0.2) is 23.2 Å². The summed E-state index contributed by atoms with van der Waals surface area (Å²) in [5, 5.41) is 3.45. The molecule has 1 aromatic rings. The van der Waals surface area contributed by atoms with Crippen LogP contribution in [0, 0.1) is 0 Å². The average Bonchev–Trinajstić information content (AvgIpc) is 3.06. The maximum absolute atomic E-state index is 6.17. The Kier molecular flexibility index (Phi) is 10.7. The molecule has 2 saturated heterocycles. The minimum Gasteiger partial charge on any atom is -0.490 e. The van der Waals surface area contributed by atoms with E-state index in [1.165, 1.54) is 12.8 Å². The van der Waals surface area contributed by atoms with Gasteiger partial charge in [0.1, 0.15) is 0 Å². The molecule has 0 bridgehead atoms. The van der Waals surface area contributed by atoms with E-state index in [-0.39, 0.29) is 24.0 Å². The third-order valence-electron chi connectivity index (χ3n) is 6.09. The number of rotatable bonds is 6. The first kappa shape index (κ1) is 25.4. The molecule has 32 heavy (non-hydrogen) atoms. The Morgan fingerprint density at radius 2 is 1.88 bits per heavy atom. The summed E-state index contributed by atoms with van der Waals surface area (Å²) in [6, 6.07) is 6.13. The first-order chi connectivity index (χ1) is 15.3. The summed E-state index contributed by atoms with van der Waals surface area (Å²) >= 11 is 0. The first-order valence-corrected chi connectivity index (χ1v) is 12.0. The SMILES string of the molecule is CCNC(=NCc1ccc2c(c1)OCCCO2)N1CCC(OCC2CCCCO2)CC1.I. The highest BCUT2D eigenvalue weighted by Gasteiger charge is 2.24. The lowest BCUT2D eigenvalue weighted by Gasteiger charge is -2.35. The van der Waals surface area contributed by atoms with Crippen molar-refractivity contribution < 1.29 is 18.9 Å². The van der Waals surface area contributed by atoms with Crippen LogP contribution in [0.2, 0.25) is 0 Å². The third kappa shape index (κ3) is 7.38. The van der Waals surface area contributed by atoms with E-state index in [4.69, 9.17) is 23.9 Å². The molecule has 2 fully saturated rings. The van der Waals surface area contributed by atoms with Gasteiger partial charge in [-0.25, -0.2) is 4.99 Å². The highest BCUT2D eigenvalue weighted by molar-refractivity contribution is 14.0. The molecule has 0 saturated carbocycles. The Morgan fingerprint density at radius 3 is 2.62 bits per heavy atom. The second kappa shape index (κ2) is 13.4. The minimum absolute atomic E-state index is 0. The van der Waals surface area contributed by atoms with Crippen LogP contribution in [0.4, 0.5) is 0 Å². The fraction of sp³-hybridized carbons (Fsp3) is 0.708. The van der Waals surface area contributed by atoms with Gasteiger partial charge in [-0.15, -0.1) is 24.0 Å². The quantitative estimate of drug-likeness (QED) is 0.323. The molecular weight excluding hydrogens is 521 g/mol. The van der Waals surface area contributed by atoms with E-state index >= 15 is 0 Å². The van der Waals surface area contributed by atoms with Gasteiger partial charge in [-0.3, -0.25) is 0 Å². The number of halogens is 1. The lowest BCUT2D eigenvalue weighted by Crippen LogP contribution is -2.47. The summed E-state index contributed by atoms with van der Waals surface area (Å²) in [6.07, 6.45) is 7.18. The van der Waals surface area contributed by atoms with Crippen molar-refractivity contribution in [2.75, 3.05) is 46.1 Å². The van der Waals surface area contributed by atoms with E-state index in [2.05, 4.69) is 29.3 Å². The normalized spacial score (nSPS) is 22.1. The fourth-order valence-electron chi connectivity index (χ4n) is 4.31. The Hall–Kier alpha value is -1.26. The molecule has 3 heterocycles. The summed E-state index contributed by atoms with van der Waals surface area (Å²) in [5.41, 5.74) is 1.13. The summed E-state index contributed by atoms with van der Waals surface area (Å²) < 4.78 is 23.5. The zero-order valence-corrected chi connectivity index (χ0v) is 21.6. The molecule has 1 N–H and O–H groups in total. The van der Waals surface area contributed by atoms with Crippen LogP contribution in [0.25, 0.3) is 0 Å². The zero-order chi connectivity index (χ0) is 21.3. The number of benzene rings is 1. The van der Waals surface area contributed by atoms with Crippen LogP contribution in [-0.2, 0) is 16.0 Å². The maximum atomic E-state index is 6.17. The molecule has 8 heteroatoms. The molecule has 4 rings (SSSR count). The molecule has 1 atom stereocenters. The van der Waals surface area contributed by atoms with Gasteiger partial charge < -0.3 is 29.2 Å². The molecule has 0 aromatic heterocycles. The van der Waals surface area contributed by atoms with E-state index in [9.17, 15) is 0 Å². The highest BCUT2D eigenvalue weighted by atomic mass is 127. The lowest BCUT2D eigenvalue weighted by atomic mass is 10.1. The molecule has 7 nitrogen and oxygen atoms in total. The van der Waals surface area contributed by atoms with Crippen molar-refractivity contribution >= 4 is 29.9 Å². The molecule has 1 aromatic carbocycles. The number of hydrogen-bond acceptors (Lipinski definition) is 5. The number of nitrogens with one attached hydrogen (secondary N) is 1. The number of likely N-dealkylation sites (tertiary alicyclic amines) is 1. The van der Waals surface area contributed by atoms with Crippen molar-refractivity contribution in [1.82, 2.24) is 10.2 Å². The smallest absolute Gasteiger partial charge is 0.194 e. The van der Waals surface area contributed by atoms with Gasteiger partial charge in [0.25, 0.3) is 0 Å². The fourth-order valence-corrected chi connectivity index (χ4v) is 4.31. The first-order valence-electron chi connectivity index (χ1n) is 12.0. The van der Waals surface area contributed by atoms with Crippen LogP contribution < -0.4 is 14.8 Å². The zero-order valence-electron chi connectivity index (χ0n) is 19.2. The number of hydrogen-bond donors (Lipinski definition) is 1. The molecule has 1 unspecified atom stereocenters. The second-order valence-corrected chi connectivity index (χ2v) is 8.51. The molecule has 180 valence electrons. The number of fused-ring (bicyclic) bond motifs is 1. The summed E-state index contributed by atoms with van der Waals surface area (Å²) in [6.45, 7) is 8.55. The second-order valence-electron chi connectivity index (χ2n) is 8.51. The number of guanidine groups is 1. The van der Waals surface area contributed by atoms with Crippen molar-refractivity contribution in [2.24, 2.45) is 4.99 Å². The number of nitrogens with zero attached hydrogens (tertiary/aromatic N) is 2. The van der Waals surface area contributed by atoms with Crippen molar-refractivity contribution in [3.63, 3.8) is 0 Å². The molecule has 0 aliphatic carbocycles. The monoisotopic (exact) mass is 559 g/mol. The maximum Gasteiger partial charge on any atom is 0.194 e. The van der Waals surface area contributed by atoms with Gasteiger partial charge >= 0.3 is 0 Å². The predicted molar refractivity (Wildman–Crippen MR) is 136 cm³/mol. The molecule has 3 aliphatic heterocycles. The van der Waals surface area contributed by atoms with Gasteiger partial charge in [-0.05, 0) is 56.7 Å². The standard InChI is InChI=1S/C24H37N3O4.HI/c1-2-25-24(26-17-19-7-8-22-23(16-19)30-15-5-14-29-22)27-11-9-20(10-12-27)31-18-21-6-3-4-13-28-21;/h7-8,16,20-21H,2-6,9-15,17-18H2,1H3,(H,25,26);1H. The van der Waals surface area contributed by atoms with E-state index < -0.39 is 0 Å². The number of aliphatic imine (C=N–C) groups is 1. The highest BCUT2D eigenvalue weighted by Crippen LogP contribution is 2.30. The summed E-state index contributed by atoms with van der Waals surface area (Å²) in [5.74, 6) is 2.64. The van der Waals surface area contributed by atoms with Gasteiger partial charge in [0.05, 0.1) is 38.6 Å². The lowest BCUT2D eigenvalue weighted by molar-refractivity contribution is -0.0721. The Labute approximate surface area is 209 Å². The molecule has 0 radical (unpaired) electrons. The van der Waals surface area contributed by atoms with Crippen LogP contribution >= 0.6 is 24.0 Å². The van der Waals surface area contributed by atoms with E-state index in [1.54, 1.807) is 0 Å². The van der Waals surface area contributed by atoms with Gasteiger partial charge in [0.2, 0.25) is 0 Å². The largest absolute Gasteiger partial charge is 0.490 e. The van der Waals surface area contributed by atoms with Gasteiger partial charge in [-0.2, -0.15) is 0 Å². The van der Waals surface area contributed by atoms with Crippen LogP contribution in [0.1, 0.15) is 51.0 Å². The van der Waals surface area contributed by atoms with E-state index in [1.807, 2.05) is 6.07 Å². The van der Waals surface area contributed by atoms with E-state index in [0.29, 0.717) is 32.0 Å². The Bertz CT molecular complexity index is 719. The van der Waals surface area contributed by atoms with Gasteiger partial charge in [0, 0.05) is 32.7 Å². The van der Waals surface area contributed by atoms with Crippen molar-refractivity contribution in [1.29, 1.82) is 0 Å². The van der Waals surface area contributed by atoms with Gasteiger partial charge in [-0.1, -0.05) is 6.07 Å². The molecule has 3 aliphatic rings. The minimum atomic E-state index is 0. The van der Waals surface area contributed by atoms with Crippen molar-refractivity contribution in [3.05, 3.63) is 23.8 Å².